The highest BCUT2D eigenvalue weighted by Gasteiger charge is 2.35. The Balaban J connectivity index is 3.96. The highest BCUT2D eigenvalue weighted by atomic mass is 19.4. The molecule has 0 aliphatic rings. The lowest BCUT2D eigenvalue weighted by Crippen LogP contribution is -2.25. The smallest absolute Gasteiger partial charge is 0.283 e. The van der Waals surface area contributed by atoms with Crippen molar-refractivity contribution in [2.45, 2.75) is 58.5 Å². The Bertz CT molecular complexity index is 224. The molecule has 0 spiro atoms. The van der Waals surface area contributed by atoms with E-state index in [2.05, 4.69) is 17.8 Å². The molecule has 1 nitrogen and oxygen atoms in total. The zero-order valence-corrected chi connectivity index (χ0v) is 9.32. The predicted molar refractivity (Wildman–Crippen MR) is 57.3 cm³/mol. The van der Waals surface area contributed by atoms with Gasteiger partial charge in [0.25, 0.3) is 0 Å². The molecule has 0 fully saturated rings. The second kappa shape index (κ2) is 7.52. The van der Waals surface area contributed by atoms with Gasteiger partial charge in [-0.25, -0.2) is 0 Å². The summed E-state index contributed by atoms with van der Waals surface area (Å²) in [5.74, 6) is 0. The molecular formula is C11H18F3N. The Kier molecular flexibility index (Phi) is 7.14. The van der Waals surface area contributed by atoms with Crippen molar-refractivity contribution in [3.63, 3.8) is 0 Å². The first kappa shape index (κ1) is 14.2. The van der Waals surface area contributed by atoms with Gasteiger partial charge < -0.3 is 0 Å². The Morgan fingerprint density at radius 2 is 1.73 bits per heavy atom. The van der Waals surface area contributed by atoms with Gasteiger partial charge in [-0.3, -0.25) is 4.67 Å². The molecule has 0 saturated carbocycles. The molecule has 0 aromatic heterocycles. The first-order valence-electron chi connectivity index (χ1n) is 5.32. The van der Waals surface area contributed by atoms with Crippen LogP contribution in [0.4, 0.5) is 13.2 Å². The summed E-state index contributed by atoms with van der Waals surface area (Å²) < 4.78 is 40.2. The number of halogens is 3. The molecule has 0 aliphatic carbocycles. The summed E-state index contributed by atoms with van der Waals surface area (Å²) in [4.78, 5) is 0. The van der Waals surface area contributed by atoms with E-state index in [4.69, 9.17) is 0 Å². The molecule has 0 N–H and O–H groups in total. The van der Waals surface area contributed by atoms with Gasteiger partial charge in [-0.1, -0.05) is 39.0 Å². The van der Waals surface area contributed by atoms with E-state index in [1.165, 1.54) is 6.92 Å². The Morgan fingerprint density at radius 1 is 1.13 bits per heavy atom. The summed E-state index contributed by atoms with van der Waals surface area (Å²) in [7, 11) is 0. The van der Waals surface area contributed by atoms with Gasteiger partial charge >= 0.3 is 6.18 Å². The summed E-state index contributed by atoms with van der Waals surface area (Å²) in [5, 5.41) is 0. The third kappa shape index (κ3) is 7.20. The van der Waals surface area contributed by atoms with Crippen molar-refractivity contribution in [1.29, 1.82) is 0 Å². The average molecular weight is 221 g/mol. The second-order valence-corrected chi connectivity index (χ2v) is 3.44. The number of alkyl halides is 3. The van der Waals surface area contributed by atoms with Gasteiger partial charge in [0.05, 0.1) is 0 Å². The van der Waals surface area contributed by atoms with Gasteiger partial charge in [-0.2, -0.15) is 13.2 Å². The molecule has 0 atom stereocenters. The van der Waals surface area contributed by atoms with E-state index in [9.17, 15) is 13.2 Å². The van der Waals surface area contributed by atoms with Crippen LogP contribution >= 0.6 is 0 Å². The lowest BCUT2D eigenvalue weighted by molar-refractivity contribution is -0.0607. The first-order valence-corrected chi connectivity index (χ1v) is 5.32. The largest absolute Gasteiger partial charge is 0.414 e. The molecular weight excluding hydrogens is 203 g/mol. The van der Waals surface area contributed by atoms with Gasteiger partial charge in [0.2, 0.25) is 5.71 Å². The number of nitrogens with zero attached hydrogens (tertiary/aromatic N) is 1. The zero-order valence-electron chi connectivity index (χ0n) is 9.32. The van der Waals surface area contributed by atoms with E-state index in [1.54, 1.807) is 0 Å². The van der Waals surface area contributed by atoms with E-state index >= 15 is 0 Å². The molecule has 0 bridgehead atoms. The monoisotopic (exact) mass is 221 g/mol. The van der Waals surface area contributed by atoms with Crippen LogP contribution in [0.25, 0.3) is 0 Å². The fourth-order valence-electron chi connectivity index (χ4n) is 1.29. The minimum absolute atomic E-state index is 0.00799. The number of hydrogen-bond acceptors (Lipinski definition) is 0. The zero-order chi connectivity index (χ0) is 11.7. The lowest BCUT2D eigenvalue weighted by atomic mass is 10.1. The molecule has 0 unspecified atom stereocenters. The van der Waals surface area contributed by atoms with Crippen molar-refractivity contribution < 1.29 is 13.2 Å². The van der Waals surface area contributed by atoms with Crippen molar-refractivity contribution in [1.82, 2.24) is 4.67 Å². The predicted octanol–water partition coefficient (Wildman–Crippen LogP) is 3.39. The highest BCUT2D eigenvalue weighted by molar-refractivity contribution is 5.90. The van der Waals surface area contributed by atoms with Crippen LogP contribution in [0.1, 0.15) is 52.4 Å². The van der Waals surface area contributed by atoms with Crippen LogP contribution in [0.5, 0.6) is 0 Å². The summed E-state index contributed by atoms with van der Waals surface area (Å²) in [5.41, 5.74) is -0.707. The summed E-state index contributed by atoms with van der Waals surface area (Å²) >= 11 is 0. The van der Waals surface area contributed by atoms with E-state index < -0.39 is 11.9 Å². The minimum atomic E-state index is -4.30. The van der Waals surface area contributed by atoms with Crippen LogP contribution < -0.4 is 4.67 Å². The third-order valence-corrected chi connectivity index (χ3v) is 2.09. The second-order valence-electron chi connectivity index (χ2n) is 3.44. The number of unbranched alkanes of at least 4 members (excludes halogenated alkanes) is 4. The van der Waals surface area contributed by atoms with Crippen molar-refractivity contribution in [2.24, 2.45) is 0 Å². The Labute approximate surface area is 89.1 Å². The van der Waals surface area contributed by atoms with Crippen LogP contribution in [-0.4, -0.2) is 18.1 Å². The number of hydrogen-bond donors (Lipinski definition) is 0. The van der Waals surface area contributed by atoms with Crippen LogP contribution in [0.3, 0.4) is 0 Å². The van der Waals surface area contributed by atoms with Gasteiger partial charge in [0.1, 0.15) is 0 Å². The van der Waals surface area contributed by atoms with Gasteiger partial charge in [0, 0.05) is 0 Å². The standard InChI is InChI=1S/C11H18F3N/c1-3-5-6-7-8-9-10(15-4-2)11(12,13)14/h3,5-9H2,1-2H3. The maximum absolute atomic E-state index is 12.3. The fourth-order valence-corrected chi connectivity index (χ4v) is 1.29. The maximum Gasteiger partial charge on any atom is 0.414 e. The van der Waals surface area contributed by atoms with E-state index in [0.29, 0.717) is 6.42 Å². The van der Waals surface area contributed by atoms with E-state index in [1.807, 2.05) is 0 Å². The van der Waals surface area contributed by atoms with Crippen molar-refractivity contribution in [3.05, 3.63) is 0 Å². The average Bonchev–Trinajstić information content (AvgIpc) is 2.14. The Morgan fingerprint density at radius 3 is 2.20 bits per heavy atom. The summed E-state index contributed by atoms with van der Waals surface area (Å²) in [6.07, 6.45) is 2.48. The van der Waals surface area contributed by atoms with E-state index in [-0.39, 0.29) is 6.42 Å². The molecule has 0 aromatic rings. The molecule has 88 valence electrons. The molecule has 4 heteroatoms. The molecule has 0 amide bonds. The van der Waals surface area contributed by atoms with Crippen LogP contribution in [-0.2, 0) is 0 Å². The highest BCUT2D eigenvalue weighted by Crippen LogP contribution is 2.19. The SMILES string of the molecule is C[C-]=[N+]=C(CCCCCCC)C(F)(F)F. The van der Waals surface area contributed by atoms with Crippen molar-refractivity contribution >= 4 is 11.9 Å². The maximum atomic E-state index is 12.3. The number of rotatable bonds is 6. The van der Waals surface area contributed by atoms with Crippen molar-refractivity contribution in [3.8, 4) is 0 Å². The molecule has 15 heavy (non-hydrogen) atoms. The molecule has 0 aliphatic heterocycles. The van der Waals surface area contributed by atoms with Crippen LogP contribution in [0.2, 0.25) is 0 Å². The summed E-state index contributed by atoms with van der Waals surface area (Å²) in [6, 6.07) is 0. The molecule has 0 aromatic carbocycles. The van der Waals surface area contributed by atoms with Gasteiger partial charge in [-0.15, -0.1) is 0 Å². The van der Waals surface area contributed by atoms with Gasteiger partial charge in [-0.05, 0) is 13.3 Å². The normalized spacial score (nSPS) is 11.0. The lowest BCUT2D eigenvalue weighted by Gasteiger charge is -2.06. The first-order chi connectivity index (χ1) is 7.02. The third-order valence-electron chi connectivity index (χ3n) is 2.09. The Hall–Kier alpha value is -0.760. The van der Waals surface area contributed by atoms with Gasteiger partial charge in [0.15, 0.2) is 6.21 Å². The fraction of sp³-hybridized carbons (Fsp3) is 0.818. The van der Waals surface area contributed by atoms with Crippen LogP contribution in [0, 0.1) is 0 Å². The minimum Gasteiger partial charge on any atom is -0.283 e. The van der Waals surface area contributed by atoms with E-state index in [0.717, 1.165) is 25.7 Å². The summed E-state index contributed by atoms with van der Waals surface area (Å²) in [6.45, 7) is 3.45. The topological polar surface area (TPSA) is 14.1 Å². The van der Waals surface area contributed by atoms with Crippen LogP contribution in [0.15, 0.2) is 0 Å². The molecule has 0 saturated heterocycles. The molecule has 0 heterocycles. The van der Waals surface area contributed by atoms with Crippen molar-refractivity contribution in [2.75, 3.05) is 0 Å². The molecule has 0 radical (unpaired) electrons. The molecule has 0 rings (SSSR count). The quantitative estimate of drug-likeness (QED) is 0.282.